The standard InChI is InChI=1S/C17H20N6/c1-3-17(4-2,7-5-8-18)23-11-13(10-22-23)15-14-6-9-19-16(14)21-12-20-15/h6,9-12H,3-5,7H2,1-2H3,(H,19,20,21). The number of fused-ring (bicyclic) bond motifs is 1. The van der Waals surface area contributed by atoms with Crippen LogP contribution in [0.2, 0.25) is 0 Å². The summed E-state index contributed by atoms with van der Waals surface area (Å²) in [6.07, 6.45) is 10.5. The normalized spacial score (nSPS) is 11.7. The van der Waals surface area contributed by atoms with E-state index in [9.17, 15) is 0 Å². The highest BCUT2D eigenvalue weighted by Crippen LogP contribution is 2.32. The molecule has 6 nitrogen and oxygen atoms in total. The van der Waals surface area contributed by atoms with Crippen molar-refractivity contribution in [2.24, 2.45) is 0 Å². The van der Waals surface area contributed by atoms with Crippen molar-refractivity contribution in [2.45, 2.75) is 45.1 Å². The molecule has 0 amide bonds. The van der Waals surface area contributed by atoms with Crippen LogP contribution in [-0.2, 0) is 5.54 Å². The number of nitrogens with one attached hydrogen (secondary N) is 1. The Morgan fingerprint density at radius 1 is 1.30 bits per heavy atom. The zero-order chi connectivity index (χ0) is 16.3. The molecular formula is C17H20N6. The van der Waals surface area contributed by atoms with Gasteiger partial charge in [-0.2, -0.15) is 10.4 Å². The summed E-state index contributed by atoms with van der Waals surface area (Å²) in [7, 11) is 0. The lowest BCUT2D eigenvalue weighted by Gasteiger charge is -2.31. The van der Waals surface area contributed by atoms with Crippen molar-refractivity contribution in [3.63, 3.8) is 0 Å². The molecule has 0 aliphatic rings. The molecule has 0 radical (unpaired) electrons. The summed E-state index contributed by atoms with van der Waals surface area (Å²) in [4.78, 5) is 11.8. The summed E-state index contributed by atoms with van der Waals surface area (Å²) in [5.74, 6) is 0. The second kappa shape index (κ2) is 6.21. The maximum atomic E-state index is 8.95. The monoisotopic (exact) mass is 308 g/mol. The van der Waals surface area contributed by atoms with Gasteiger partial charge in [0.15, 0.2) is 0 Å². The van der Waals surface area contributed by atoms with E-state index in [1.165, 1.54) is 0 Å². The molecule has 0 unspecified atom stereocenters. The topological polar surface area (TPSA) is 83.2 Å². The molecule has 0 atom stereocenters. The van der Waals surface area contributed by atoms with Crippen LogP contribution in [0.3, 0.4) is 0 Å². The van der Waals surface area contributed by atoms with Gasteiger partial charge in [-0.25, -0.2) is 9.97 Å². The molecule has 3 heterocycles. The molecule has 0 fully saturated rings. The van der Waals surface area contributed by atoms with E-state index >= 15 is 0 Å². The first-order valence-corrected chi connectivity index (χ1v) is 7.94. The number of hydrogen-bond donors (Lipinski definition) is 1. The summed E-state index contributed by atoms with van der Waals surface area (Å²) in [6, 6.07) is 4.23. The largest absolute Gasteiger partial charge is 0.346 e. The van der Waals surface area contributed by atoms with E-state index in [0.717, 1.165) is 41.6 Å². The minimum absolute atomic E-state index is 0.113. The molecule has 3 rings (SSSR count). The van der Waals surface area contributed by atoms with Crippen molar-refractivity contribution < 1.29 is 0 Å². The van der Waals surface area contributed by atoms with Gasteiger partial charge in [-0.15, -0.1) is 0 Å². The van der Waals surface area contributed by atoms with Crippen molar-refractivity contribution in [2.75, 3.05) is 0 Å². The fraction of sp³-hybridized carbons (Fsp3) is 0.412. The fourth-order valence-electron chi connectivity index (χ4n) is 3.14. The number of rotatable bonds is 6. The van der Waals surface area contributed by atoms with Gasteiger partial charge < -0.3 is 4.98 Å². The number of aromatic nitrogens is 5. The molecule has 118 valence electrons. The molecule has 0 aromatic carbocycles. The molecule has 0 aliphatic heterocycles. The molecule has 3 aromatic rings. The van der Waals surface area contributed by atoms with E-state index in [4.69, 9.17) is 5.26 Å². The van der Waals surface area contributed by atoms with Crippen LogP contribution >= 0.6 is 0 Å². The predicted molar refractivity (Wildman–Crippen MR) is 88.5 cm³/mol. The van der Waals surface area contributed by atoms with Crippen LogP contribution in [0.4, 0.5) is 0 Å². The Morgan fingerprint density at radius 3 is 2.87 bits per heavy atom. The number of hydrogen-bond acceptors (Lipinski definition) is 4. The first kappa shape index (κ1) is 15.2. The zero-order valence-corrected chi connectivity index (χ0v) is 13.5. The molecular weight excluding hydrogens is 288 g/mol. The lowest BCUT2D eigenvalue weighted by molar-refractivity contribution is 0.218. The number of H-pyrrole nitrogens is 1. The van der Waals surface area contributed by atoms with E-state index < -0.39 is 0 Å². The smallest absolute Gasteiger partial charge is 0.141 e. The molecule has 6 heteroatoms. The maximum Gasteiger partial charge on any atom is 0.141 e. The molecule has 0 saturated heterocycles. The van der Waals surface area contributed by atoms with E-state index in [2.05, 4.69) is 40.0 Å². The summed E-state index contributed by atoms with van der Waals surface area (Å²) >= 11 is 0. The van der Waals surface area contributed by atoms with E-state index in [1.807, 2.05) is 29.3 Å². The third kappa shape index (κ3) is 2.59. The Hall–Kier alpha value is -2.68. The lowest BCUT2D eigenvalue weighted by Crippen LogP contribution is -2.32. The van der Waals surface area contributed by atoms with Gasteiger partial charge in [-0.1, -0.05) is 13.8 Å². The van der Waals surface area contributed by atoms with Gasteiger partial charge in [-0.3, -0.25) is 4.68 Å². The zero-order valence-electron chi connectivity index (χ0n) is 13.5. The molecule has 3 aromatic heterocycles. The highest BCUT2D eigenvalue weighted by molar-refractivity contribution is 5.89. The first-order valence-electron chi connectivity index (χ1n) is 7.94. The SMILES string of the molecule is CCC(CC)(CCC#N)n1cc(-c2ncnc3[nH]ccc23)cn1. The molecule has 0 spiro atoms. The lowest BCUT2D eigenvalue weighted by atomic mass is 9.88. The van der Waals surface area contributed by atoms with Gasteiger partial charge in [0.2, 0.25) is 0 Å². The van der Waals surface area contributed by atoms with E-state index in [-0.39, 0.29) is 5.54 Å². The molecule has 0 aliphatic carbocycles. The number of aromatic amines is 1. The van der Waals surface area contributed by atoms with Crippen LogP contribution < -0.4 is 0 Å². The van der Waals surface area contributed by atoms with Crippen LogP contribution in [0.1, 0.15) is 39.5 Å². The number of nitrogens with zero attached hydrogens (tertiary/aromatic N) is 5. The van der Waals surface area contributed by atoms with Crippen LogP contribution in [-0.4, -0.2) is 24.7 Å². The highest BCUT2D eigenvalue weighted by Gasteiger charge is 2.29. The Labute approximate surface area is 135 Å². The molecule has 1 N–H and O–H groups in total. The third-order valence-electron chi connectivity index (χ3n) is 4.71. The van der Waals surface area contributed by atoms with Crippen LogP contribution in [0.25, 0.3) is 22.3 Å². The van der Waals surface area contributed by atoms with Crippen LogP contribution in [0.5, 0.6) is 0 Å². The maximum absolute atomic E-state index is 8.95. The third-order valence-corrected chi connectivity index (χ3v) is 4.71. The van der Waals surface area contributed by atoms with Gasteiger partial charge >= 0.3 is 0 Å². The van der Waals surface area contributed by atoms with Crippen molar-refractivity contribution in [3.05, 3.63) is 31.0 Å². The van der Waals surface area contributed by atoms with Crippen LogP contribution in [0.15, 0.2) is 31.0 Å². The van der Waals surface area contributed by atoms with Gasteiger partial charge in [0, 0.05) is 29.8 Å². The Morgan fingerprint density at radius 2 is 2.13 bits per heavy atom. The van der Waals surface area contributed by atoms with Crippen molar-refractivity contribution >= 4 is 11.0 Å². The summed E-state index contributed by atoms with van der Waals surface area (Å²) < 4.78 is 2.01. The van der Waals surface area contributed by atoms with Crippen molar-refractivity contribution in [1.82, 2.24) is 24.7 Å². The van der Waals surface area contributed by atoms with Gasteiger partial charge in [0.1, 0.15) is 12.0 Å². The fourth-order valence-corrected chi connectivity index (χ4v) is 3.14. The molecule has 23 heavy (non-hydrogen) atoms. The average molecular weight is 308 g/mol. The van der Waals surface area contributed by atoms with Crippen LogP contribution in [0, 0.1) is 11.3 Å². The quantitative estimate of drug-likeness (QED) is 0.753. The summed E-state index contributed by atoms with van der Waals surface area (Å²) in [5, 5.41) is 14.5. The molecule has 0 bridgehead atoms. The first-order chi connectivity index (χ1) is 11.2. The van der Waals surface area contributed by atoms with E-state index in [1.54, 1.807) is 6.33 Å². The minimum Gasteiger partial charge on any atom is -0.346 e. The van der Waals surface area contributed by atoms with Gasteiger partial charge in [0.05, 0.1) is 23.5 Å². The van der Waals surface area contributed by atoms with Gasteiger partial charge in [0.25, 0.3) is 0 Å². The van der Waals surface area contributed by atoms with Crippen molar-refractivity contribution in [1.29, 1.82) is 5.26 Å². The summed E-state index contributed by atoms with van der Waals surface area (Å²) in [6.45, 7) is 4.30. The number of nitriles is 1. The Balaban J connectivity index is 2.02. The Bertz CT molecular complexity index is 834. The minimum atomic E-state index is -0.113. The van der Waals surface area contributed by atoms with E-state index in [0.29, 0.717) is 6.42 Å². The van der Waals surface area contributed by atoms with Gasteiger partial charge in [-0.05, 0) is 25.3 Å². The molecule has 0 saturated carbocycles. The second-order valence-corrected chi connectivity index (χ2v) is 5.73. The summed E-state index contributed by atoms with van der Waals surface area (Å²) in [5.41, 5.74) is 2.56. The highest BCUT2D eigenvalue weighted by atomic mass is 15.3. The predicted octanol–water partition coefficient (Wildman–Crippen LogP) is 3.64. The second-order valence-electron chi connectivity index (χ2n) is 5.73. The average Bonchev–Trinajstić information content (AvgIpc) is 3.25. The van der Waals surface area contributed by atoms with Crippen molar-refractivity contribution in [3.8, 4) is 17.3 Å². The Kier molecular flexibility index (Phi) is 4.11.